The molecule has 1 aromatic carbocycles. The van der Waals surface area contributed by atoms with Gasteiger partial charge in [-0.2, -0.15) is 17.5 Å². The molecule has 1 N–H and O–H groups in total. The molecule has 1 atom stereocenters. The van der Waals surface area contributed by atoms with E-state index in [1.54, 1.807) is 0 Å². The molecule has 0 aliphatic carbocycles. The standard InChI is InChI=1S/C17H19F4N3O3S/c1-10-7-12(5-6-14(10)18)22-16(25)15-8-13(9-23(15)3)28(26,27)24(4)11(2)17(19,20)21/h5-9,11H,1-4H3,(H,22,25)/t11-/m1/s1. The number of rotatable bonds is 5. The molecule has 0 fully saturated rings. The number of aryl methyl sites for hydroxylation is 2. The van der Waals surface area contributed by atoms with E-state index < -0.39 is 38.9 Å². The topological polar surface area (TPSA) is 71.4 Å². The summed E-state index contributed by atoms with van der Waals surface area (Å²) in [7, 11) is -2.27. The molecular formula is C17H19F4N3O3S. The van der Waals surface area contributed by atoms with E-state index in [4.69, 9.17) is 0 Å². The normalized spacial score (nSPS) is 13.6. The molecule has 0 aliphatic heterocycles. The number of anilines is 1. The van der Waals surface area contributed by atoms with Gasteiger partial charge in [0.25, 0.3) is 5.91 Å². The van der Waals surface area contributed by atoms with Crippen molar-refractivity contribution in [3.63, 3.8) is 0 Å². The smallest absolute Gasteiger partial charge is 0.345 e. The Morgan fingerprint density at radius 2 is 1.86 bits per heavy atom. The molecule has 1 aromatic heterocycles. The van der Waals surface area contributed by atoms with E-state index in [0.717, 1.165) is 26.2 Å². The van der Waals surface area contributed by atoms with Crippen LogP contribution in [-0.4, -0.2) is 42.5 Å². The second-order valence-electron chi connectivity index (χ2n) is 6.33. The summed E-state index contributed by atoms with van der Waals surface area (Å²) in [6, 6.07) is 2.64. The van der Waals surface area contributed by atoms with Crippen molar-refractivity contribution in [2.75, 3.05) is 12.4 Å². The van der Waals surface area contributed by atoms with E-state index in [2.05, 4.69) is 5.32 Å². The lowest BCUT2D eigenvalue weighted by molar-refractivity contribution is -0.164. The van der Waals surface area contributed by atoms with Crippen LogP contribution in [0.1, 0.15) is 23.0 Å². The monoisotopic (exact) mass is 421 g/mol. The van der Waals surface area contributed by atoms with Gasteiger partial charge in [0.1, 0.15) is 22.4 Å². The fourth-order valence-corrected chi connectivity index (χ4v) is 3.82. The molecule has 1 heterocycles. The molecule has 0 aliphatic rings. The van der Waals surface area contributed by atoms with Gasteiger partial charge in [-0.3, -0.25) is 4.79 Å². The summed E-state index contributed by atoms with van der Waals surface area (Å²) in [4.78, 5) is 12.0. The minimum Gasteiger partial charge on any atom is -0.345 e. The number of carbonyl (C=O) groups is 1. The van der Waals surface area contributed by atoms with Gasteiger partial charge < -0.3 is 9.88 Å². The number of hydrogen-bond donors (Lipinski definition) is 1. The Bertz CT molecular complexity index is 1000. The Morgan fingerprint density at radius 3 is 2.39 bits per heavy atom. The lowest BCUT2D eigenvalue weighted by atomic mass is 10.2. The largest absolute Gasteiger partial charge is 0.404 e. The summed E-state index contributed by atoms with van der Waals surface area (Å²) in [6.07, 6.45) is -3.68. The number of aromatic nitrogens is 1. The summed E-state index contributed by atoms with van der Waals surface area (Å²) in [5, 5.41) is 2.49. The highest BCUT2D eigenvalue weighted by Crippen LogP contribution is 2.28. The number of hydrogen-bond acceptors (Lipinski definition) is 3. The lowest BCUT2D eigenvalue weighted by Crippen LogP contribution is -2.44. The van der Waals surface area contributed by atoms with Crippen LogP contribution >= 0.6 is 0 Å². The van der Waals surface area contributed by atoms with Crippen LogP contribution in [-0.2, 0) is 17.1 Å². The first-order chi connectivity index (χ1) is 12.7. The van der Waals surface area contributed by atoms with E-state index in [1.807, 2.05) is 0 Å². The molecule has 11 heteroatoms. The van der Waals surface area contributed by atoms with Gasteiger partial charge in [0.05, 0.1) is 0 Å². The number of amides is 1. The first-order valence-corrected chi connectivity index (χ1v) is 9.47. The van der Waals surface area contributed by atoms with Crippen LogP contribution in [0.25, 0.3) is 0 Å². The number of carbonyl (C=O) groups excluding carboxylic acids is 1. The zero-order chi connectivity index (χ0) is 21.4. The number of nitrogens with zero attached hydrogens (tertiary/aromatic N) is 2. The lowest BCUT2D eigenvalue weighted by Gasteiger charge is -2.25. The Labute approximate surface area is 159 Å². The Hall–Kier alpha value is -2.40. The Morgan fingerprint density at radius 1 is 1.25 bits per heavy atom. The highest BCUT2D eigenvalue weighted by molar-refractivity contribution is 7.89. The van der Waals surface area contributed by atoms with Crippen LogP contribution in [0.2, 0.25) is 0 Å². The Kier molecular flexibility index (Phi) is 5.90. The second-order valence-corrected chi connectivity index (χ2v) is 8.33. The third kappa shape index (κ3) is 4.36. The molecule has 0 spiro atoms. The SMILES string of the molecule is Cc1cc(NC(=O)c2cc(S(=O)(=O)N(C)[C@H](C)C(F)(F)F)cn2C)ccc1F. The van der Waals surface area contributed by atoms with Crippen LogP contribution < -0.4 is 5.32 Å². The Balaban J connectivity index is 2.31. The van der Waals surface area contributed by atoms with Crippen LogP contribution in [0.15, 0.2) is 35.4 Å². The number of nitrogens with one attached hydrogen (secondary N) is 1. The first-order valence-electron chi connectivity index (χ1n) is 8.03. The van der Waals surface area contributed by atoms with Crippen molar-refractivity contribution in [3.8, 4) is 0 Å². The van der Waals surface area contributed by atoms with Gasteiger partial charge in [0.15, 0.2) is 0 Å². The minimum atomic E-state index is -4.74. The summed E-state index contributed by atoms with van der Waals surface area (Å²) in [6.45, 7) is 2.24. The second kappa shape index (κ2) is 7.55. The van der Waals surface area contributed by atoms with Crippen LogP contribution in [0.3, 0.4) is 0 Å². The van der Waals surface area contributed by atoms with Gasteiger partial charge in [0, 0.05) is 26.0 Å². The van der Waals surface area contributed by atoms with Crippen molar-refractivity contribution < 1.29 is 30.8 Å². The maximum atomic E-state index is 13.3. The zero-order valence-electron chi connectivity index (χ0n) is 15.5. The first kappa shape index (κ1) is 21.9. The third-order valence-corrected chi connectivity index (χ3v) is 6.22. The van der Waals surface area contributed by atoms with E-state index in [0.29, 0.717) is 5.56 Å². The summed E-state index contributed by atoms with van der Waals surface area (Å²) >= 11 is 0. The van der Waals surface area contributed by atoms with Gasteiger partial charge in [-0.05, 0) is 43.7 Å². The zero-order valence-corrected chi connectivity index (χ0v) is 16.3. The van der Waals surface area contributed by atoms with Gasteiger partial charge in [0.2, 0.25) is 10.0 Å². The molecule has 1 amide bonds. The number of halogens is 4. The molecule has 28 heavy (non-hydrogen) atoms. The quantitative estimate of drug-likeness (QED) is 0.753. The molecule has 2 rings (SSSR count). The van der Waals surface area contributed by atoms with Crippen molar-refractivity contribution in [1.82, 2.24) is 8.87 Å². The average Bonchev–Trinajstić information content (AvgIpc) is 2.98. The molecule has 0 saturated heterocycles. The van der Waals surface area contributed by atoms with Crippen LogP contribution in [0.5, 0.6) is 0 Å². The van der Waals surface area contributed by atoms with Gasteiger partial charge >= 0.3 is 6.18 Å². The highest BCUT2D eigenvalue weighted by atomic mass is 32.2. The van der Waals surface area contributed by atoms with Crippen LogP contribution in [0.4, 0.5) is 23.2 Å². The maximum Gasteiger partial charge on any atom is 0.404 e. The van der Waals surface area contributed by atoms with E-state index in [-0.39, 0.29) is 15.7 Å². The molecule has 6 nitrogen and oxygen atoms in total. The predicted octanol–water partition coefficient (Wildman–Crippen LogP) is 3.30. The van der Waals surface area contributed by atoms with Gasteiger partial charge in [-0.15, -0.1) is 0 Å². The van der Waals surface area contributed by atoms with Crippen molar-refractivity contribution >= 4 is 21.6 Å². The van der Waals surface area contributed by atoms with Crippen molar-refractivity contribution in [3.05, 3.63) is 47.5 Å². The fourth-order valence-electron chi connectivity index (χ4n) is 2.40. The van der Waals surface area contributed by atoms with Crippen molar-refractivity contribution in [1.29, 1.82) is 0 Å². The summed E-state index contributed by atoms with van der Waals surface area (Å²) < 4.78 is 78.3. The maximum absolute atomic E-state index is 13.3. The minimum absolute atomic E-state index is 0.0892. The predicted molar refractivity (Wildman–Crippen MR) is 95.0 cm³/mol. The number of benzene rings is 1. The molecular weight excluding hydrogens is 402 g/mol. The van der Waals surface area contributed by atoms with E-state index >= 15 is 0 Å². The summed E-state index contributed by atoms with van der Waals surface area (Å²) in [5.74, 6) is -1.14. The van der Waals surface area contributed by atoms with Crippen molar-refractivity contribution in [2.45, 2.75) is 31.0 Å². The number of alkyl halides is 3. The molecule has 0 bridgehead atoms. The fraction of sp³-hybridized carbons (Fsp3) is 0.353. The van der Waals surface area contributed by atoms with E-state index in [1.165, 1.54) is 36.7 Å². The van der Waals surface area contributed by atoms with Crippen LogP contribution in [0, 0.1) is 12.7 Å². The summed E-state index contributed by atoms with van der Waals surface area (Å²) in [5.41, 5.74) is 0.502. The van der Waals surface area contributed by atoms with Gasteiger partial charge in [-0.25, -0.2) is 12.8 Å². The van der Waals surface area contributed by atoms with Crippen molar-refractivity contribution in [2.24, 2.45) is 7.05 Å². The van der Waals surface area contributed by atoms with Gasteiger partial charge in [-0.1, -0.05) is 0 Å². The molecule has 0 radical (unpaired) electrons. The third-order valence-electron chi connectivity index (χ3n) is 4.32. The molecule has 0 unspecified atom stereocenters. The molecule has 0 saturated carbocycles. The highest BCUT2D eigenvalue weighted by Gasteiger charge is 2.43. The molecule has 154 valence electrons. The van der Waals surface area contributed by atoms with E-state index in [9.17, 15) is 30.8 Å². The average molecular weight is 421 g/mol. The molecule has 2 aromatic rings. The number of sulfonamides is 1.